The Morgan fingerprint density at radius 1 is 1.26 bits per heavy atom. The number of epoxide rings is 1. The fraction of sp³-hybridized carbons (Fsp3) is 0.786. The van der Waals surface area contributed by atoms with Crippen LogP contribution in [-0.2, 0) is 14.3 Å². The number of ether oxygens (including phenoxy) is 2. The summed E-state index contributed by atoms with van der Waals surface area (Å²) in [4.78, 5) is 11.6. The lowest BCUT2D eigenvalue weighted by atomic mass is 9.68. The maximum Gasteiger partial charge on any atom is 0.334 e. The molecular weight excluding hydrogens is 248 g/mol. The van der Waals surface area contributed by atoms with Gasteiger partial charge in [-0.05, 0) is 18.8 Å². The standard InChI is InChI=1S/C14H18O5/c1-5-8-7(18-13(5)17)4-3-6-9-10(19-9)12(16)14(6,2)11(8)15/h6-12,15-16H,1,3-4H2,2H3. The van der Waals surface area contributed by atoms with E-state index in [-0.39, 0.29) is 24.2 Å². The Labute approximate surface area is 111 Å². The first kappa shape index (κ1) is 11.9. The molecule has 2 saturated heterocycles. The van der Waals surface area contributed by atoms with Crippen LogP contribution in [0.4, 0.5) is 0 Å². The lowest BCUT2D eigenvalue weighted by Crippen LogP contribution is -2.50. The van der Waals surface area contributed by atoms with Crippen molar-refractivity contribution in [2.24, 2.45) is 17.3 Å². The molecule has 2 aliphatic carbocycles. The number of rotatable bonds is 0. The SMILES string of the molecule is C=C1C(=O)OC2CCC3C4OC4C(O)C3(C)C(O)C12. The van der Waals surface area contributed by atoms with Crippen molar-refractivity contribution >= 4 is 5.97 Å². The lowest BCUT2D eigenvalue weighted by molar-refractivity contribution is -0.140. The molecule has 4 aliphatic rings. The van der Waals surface area contributed by atoms with E-state index in [0.717, 1.165) is 6.42 Å². The molecule has 0 aromatic heterocycles. The van der Waals surface area contributed by atoms with Crippen LogP contribution in [0, 0.1) is 17.3 Å². The zero-order valence-electron chi connectivity index (χ0n) is 10.8. The van der Waals surface area contributed by atoms with Gasteiger partial charge in [0.15, 0.2) is 0 Å². The molecule has 19 heavy (non-hydrogen) atoms. The van der Waals surface area contributed by atoms with Crippen LogP contribution in [0.2, 0.25) is 0 Å². The van der Waals surface area contributed by atoms with Gasteiger partial charge < -0.3 is 19.7 Å². The highest BCUT2D eigenvalue weighted by Crippen LogP contribution is 2.61. The topological polar surface area (TPSA) is 79.3 Å². The van der Waals surface area contributed by atoms with E-state index in [1.165, 1.54) is 0 Å². The molecule has 0 aromatic carbocycles. The quantitative estimate of drug-likeness (QED) is 0.366. The van der Waals surface area contributed by atoms with Crippen LogP contribution in [0.1, 0.15) is 19.8 Å². The lowest BCUT2D eigenvalue weighted by Gasteiger charge is -2.41. The van der Waals surface area contributed by atoms with Crippen molar-refractivity contribution in [3.05, 3.63) is 12.2 Å². The summed E-state index contributed by atoms with van der Waals surface area (Å²) >= 11 is 0. The Balaban J connectivity index is 1.75. The second-order valence-corrected chi connectivity index (χ2v) is 6.50. The third-order valence-corrected chi connectivity index (χ3v) is 5.77. The van der Waals surface area contributed by atoms with Crippen molar-refractivity contribution < 1.29 is 24.5 Å². The van der Waals surface area contributed by atoms with Gasteiger partial charge in [0.05, 0.1) is 24.2 Å². The molecule has 5 nitrogen and oxygen atoms in total. The summed E-state index contributed by atoms with van der Waals surface area (Å²) in [6.45, 7) is 5.67. The number of hydrogen-bond donors (Lipinski definition) is 2. The molecule has 5 heteroatoms. The first-order valence-corrected chi connectivity index (χ1v) is 6.87. The number of esters is 1. The summed E-state index contributed by atoms with van der Waals surface area (Å²) in [6.07, 6.45) is -0.388. The Hall–Kier alpha value is -0.910. The Morgan fingerprint density at radius 3 is 2.74 bits per heavy atom. The van der Waals surface area contributed by atoms with Gasteiger partial charge in [-0.15, -0.1) is 0 Å². The average molecular weight is 266 g/mol. The molecule has 2 N–H and O–H groups in total. The highest BCUT2D eigenvalue weighted by Gasteiger charge is 2.71. The molecule has 4 fully saturated rings. The van der Waals surface area contributed by atoms with Gasteiger partial charge >= 0.3 is 5.97 Å². The molecule has 0 radical (unpaired) electrons. The monoisotopic (exact) mass is 266 g/mol. The molecule has 0 bridgehead atoms. The van der Waals surface area contributed by atoms with Crippen LogP contribution in [0.5, 0.6) is 0 Å². The van der Waals surface area contributed by atoms with Crippen molar-refractivity contribution in [2.45, 2.75) is 50.3 Å². The van der Waals surface area contributed by atoms with Crippen molar-refractivity contribution in [1.29, 1.82) is 0 Å². The van der Waals surface area contributed by atoms with E-state index in [4.69, 9.17) is 9.47 Å². The first-order valence-electron chi connectivity index (χ1n) is 6.87. The van der Waals surface area contributed by atoms with Gasteiger partial charge in [-0.25, -0.2) is 4.79 Å². The molecule has 2 heterocycles. The normalized spacial score (nSPS) is 59.0. The fourth-order valence-corrected chi connectivity index (χ4v) is 4.52. The van der Waals surface area contributed by atoms with Gasteiger partial charge in [0.2, 0.25) is 0 Å². The largest absolute Gasteiger partial charge is 0.458 e. The molecule has 0 amide bonds. The molecule has 104 valence electrons. The van der Waals surface area contributed by atoms with Gasteiger partial charge in [-0.1, -0.05) is 13.5 Å². The third-order valence-electron chi connectivity index (χ3n) is 5.77. The number of fused-ring (bicyclic) bond motifs is 4. The van der Waals surface area contributed by atoms with E-state index in [2.05, 4.69) is 6.58 Å². The molecule has 2 aliphatic heterocycles. The van der Waals surface area contributed by atoms with E-state index < -0.39 is 29.5 Å². The highest BCUT2D eigenvalue weighted by molar-refractivity contribution is 5.91. The second kappa shape index (κ2) is 3.40. The van der Waals surface area contributed by atoms with Crippen molar-refractivity contribution in [2.75, 3.05) is 0 Å². The Morgan fingerprint density at radius 2 is 2.00 bits per heavy atom. The minimum absolute atomic E-state index is 0.0532. The Kier molecular flexibility index (Phi) is 2.12. The summed E-state index contributed by atoms with van der Waals surface area (Å²) in [5, 5.41) is 21.2. The van der Waals surface area contributed by atoms with Crippen LogP contribution in [0.25, 0.3) is 0 Å². The average Bonchev–Trinajstić information content (AvgIpc) is 3.06. The van der Waals surface area contributed by atoms with E-state index in [1.54, 1.807) is 0 Å². The van der Waals surface area contributed by atoms with Gasteiger partial charge in [-0.3, -0.25) is 0 Å². The highest BCUT2D eigenvalue weighted by atomic mass is 16.6. The van der Waals surface area contributed by atoms with Gasteiger partial charge in [0.1, 0.15) is 12.2 Å². The van der Waals surface area contributed by atoms with E-state index in [0.29, 0.717) is 12.0 Å². The zero-order chi connectivity index (χ0) is 13.5. The molecular formula is C14H18O5. The van der Waals surface area contributed by atoms with E-state index in [9.17, 15) is 15.0 Å². The molecule has 0 aromatic rings. The number of aliphatic hydroxyl groups excluding tert-OH is 2. The predicted octanol–water partition coefficient (Wildman–Crippen LogP) is 0.00330. The van der Waals surface area contributed by atoms with Crippen LogP contribution < -0.4 is 0 Å². The smallest absolute Gasteiger partial charge is 0.334 e. The number of aliphatic hydroxyl groups is 2. The number of carbonyl (C=O) groups excluding carboxylic acids is 1. The van der Waals surface area contributed by atoms with Crippen molar-refractivity contribution in [3.8, 4) is 0 Å². The van der Waals surface area contributed by atoms with Gasteiger partial charge in [0.25, 0.3) is 0 Å². The predicted molar refractivity (Wildman–Crippen MR) is 64.0 cm³/mol. The first-order chi connectivity index (χ1) is 8.96. The van der Waals surface area contributed by atoms with Crippen LogP contribution >= 0.6 is 0 Å². The fourth-order valence-electron chi connectivity index (χ4n) is 4.52. The molecule has 0 spiro atoms. The summed E-state index contributed by atoms with van der Waals surface area (Å²) < 4.78 is 10.8. The molecule has 4 rings (SSSR count). The second-order valence-electron chi connectivity index (χ2n) is 6.50. The summed E-state index contributed by atoms with van der Waals surface area (Å²) in [7, 11) is 0. The molecule has 8 unspecified atom stereocenters. The van der Waals surface area contributed by atoms with Gasteiger partial charge in [-0.2, -0.15) is 0 Å². The molecule has 8 atom stereocenters. The number of hydrogen-bond acceptors (Lipinski definition) is 5. The van der Waals surface area contributed by atoms with Crippen LogP contribution in [0.3, 0.4) is 0 Å². The van der Waals surface area contributed by atoms with E-state index in [1.807, 2.05) is 6.92 Å². The number of carbonyl (C=O) groups is 1. The van der Waals surface area contributed by atoms with Gasteiger partial charge in [0, 0.05) is 11.0 Å². The van der Waals surface area contributed by atoms with E-state index >= 15 is 0 Å². The zero-order valence-corrected chi connectivity index (χ0v) is 10.8. The summed E-state index contributed by atoms with van der Waals surface area (Å²) in [5.74, 6) is -0.681. The maximum atomic E-state index is 11.6. The van der Waals surface area contributed by atoms with Crippen molar-refractivity contribution in [3.63, 3.8) is 0 Å². The Bertz CT molecular complexity index is 474. The van der Waals surface area contributed by atoms with Crippen molar-refractivity contribution in [1.82, 2.24) is 0 Å². The minimum Gasteiger partial charge on any atom is -0.458 e. The third kappa shape index (κ3) is 1.24. The maximum absolute atomic E-state index is 11.6. The minimum atomic E-state index is -0.810. The van der Waals surface area contributed by atoms with Crippen LogP contribution in [-0.4, -0.2) is 46.7 Å². The van der Waals surface area contributed by atoms with Crippen LogP contribution in [0.15, 0.2) is 12.2 Å². The summed E-state index contributed by atoms with van der Waals surface area (Å²) in [5.41, 5.74) is -0.294. The molecule has 2 saturated carbocycles. The summed E-state index contributed by atoms with van der Waals surface area (Å²) in [6, 6.07) is 0.